The van der Waals surface area contributed by atoms with Crippen LogP contribution in [0.25, 0.3) is 0 Å². The van der Waals surface area contributed by atoms with Crippen molar-refractivity contribution in [3.05, 3.63) is 47.8 Å². The van der Waals surface area contributed by atoms with Crippen LogP contribution < -0.4 is 10.5 Å². The molecule has 5 heteroatoms. The molecule has 1 aromatic carbocycles. The first-order valence-electron chi connectivity index (χ1n) is 7.85. The van der Waals surface area contributed by atoms with E-state index in [9.17, 15) is 0 Å². The Labute approximate surface area is 131 Å². The average Bonchev–Trinajstić information content (AvgIpc) is 3.07. The van der Waals surface area contributed by atoms with Crippen molar-refractivity contribution in [1.29, 1.82) is 0 Å². The Morgan fingerprint density at radius 2 is 2.00 bits per heavy atom. The molecule has 2 atom stereocenters. The van der Waals surface area contributed by atoms with E-state index in [1.54, 1.807) is 0 Å². The van der Waals surface area contributed by atoms with Crippen LogP contribution in [0.5, 0.6) is 5.75 Å². The molecular weight excluding hydrogens is 276 g/mol. The second-order valence-corrected chi connectivity index (χ2v) is 5.92. The summed E-state index contributed by atoms with van der Waals surface area (Å²) in [5.41, 5.74) is 8.86. The predicted molar refractivity (Wildman–Crippen MR) is 86.8 cm³/mol. The Morgan fingerprint density at radius 3 is 2.64 bits per heavy atom. The maximum absolute atomic E-state index is 6.34. The van der Waals surface area contributed by atoms with E-state index in [4.69, 9.17) is 10.5 Å². The SMILES string of the molecule is CCOc1ccc(CN2C[C@@H](N)[C@H](c3ccnn3C)C2)cc1. The van der Waals surface area contributed by atoms with Crippen molar-refractivity contribution in [1.82, 2.24) is 14.7 Å². The highest BCUT2D eigenvalue weighted by molar-refractivity contribution is 5.27. The van der Waals surface area contributed by atoms with Crippen LogP contribution in [0.15, 0.2) is 36.5 Å². The minimum Gasteiger partial charge on any atom is -0.494 e. The van der Waals surface area contributed by atoms with Crippen molar-refractivity contribution in [2.24, 2.45) is 12.8 Å². The summed E-state index contributed by atoms with van der Waals surface area (Å²) in [6.45, 7) is 5.52. The van der Waals surface area contributed by atoms with Gasteiger partial charge in [0.25, 0.3) is 0 Å². The molecule has 5 nitrogen and oxygen atoms in total. The zero-order valence-electron chi connectivity index (χ0n) is 13.3. The summed E-state index contributed by atoms with van der Waals surface area (Å²) in [6, 6.07) is 10.6. The molecule has 0 unspecified atom stereocenters. The zero-order chi connectivity index (χ0) is 15.5. The van der Waals surface area contributed by atoms with Gasteiger partial charge in [-0.2, -0.15) is 5.10 Å². The maximum Gasteiger partial charge on any atom is 0.119 e. The van der Waals surface area contributed by atoms with E-state index in [1.165, 1.54) is 11.3 Å². The van der Waals surface area contributed by atoms with Crippen LogP contribution in [0, 0.1) is 0 Å². The van der Waals surface area contributed by atoms with Crippen molar-refractivity contribution in [3.63, 3.8) is 0 Å². The van der Waals surface area contributed by atoms with Gasteiger partial charge < -0.3 is 10.5 Å². The van der Waals surface area contributed by atoms with E-state index in [0.717, 1.165) is 25.4 Å². The molecule has 118 valence electrons. The van der Waals surface area contributed by atoms with Crippen molar-refractivity contribution in [2.75, 3.05) is 19.7 Å². The van der Waals surface area contributed by atoms with Crippen LogP contribution >= 0.6 is 0 Å². The monoisotopic (exact) mass is 300 g/mol. The van der Waals surface area contributed by atoms with Gasteiger partial charge in [-0.15, -0.1) is 0 Å². The summed E-state index contributed by atoms with van der Waals surface area (Å²) in [6.07, 6.45) is 1.84. The Morgan fingerprint density at radius 1 is 1.23 bits per heavy atom. The number of rotatable bonds is 5. The van der Waals surface area contributed by atoms with Gasteiger partial charge in [0.05, 0.1) is 6.61 Å². The highest BCUT2D eigenvalue weighted by atomic mass is 16.5. The zero-order valence-corrected chi connectivity index (χ0v) is 13.3. The molecule has 1 aliphatic heterocycles. The summed E-state index contributed by atoms with van der Waals surface area (Å²) in [7, 11) is 1.98. The molecule has 0 saturated carbocycles. The standard InChI is InChI=1S/C17H24N4O/c1-3-22-14-6-4-13(5-7-14)10-21-11-15(16(18)12-21)17-8-9-19-20(17)2/h4-9,15-16H,3,10-12,18H2,1-2H3/t15-,16-/m1/s1. The second kappa shape index (κ2) is 6.50. The van der Waals surface area contributed by atoms with Crippen molar-refractivity contribution >= 4 is 0 Å². The summed E-state index contributed by atoms with van der Waals surface area (Å²) in [5, 5.41) is 4.26. The minimum atomic E-state index is 0.165. The lowest BCUT2D eigenvalue weighted by atomic mass is 10.0. The molecular formula is C17H24N4O. The molecule has 2 heterocycles. The first-order valence-corrected chi connectivity index (χ1v) is 7.85. The van der Waals surface area contributed by atoms with E-state index in [0.29, 0.717) is 12.5 Å². The first-order chi connectivity index (χ1) is 10.7. The molecule has 0 bridgehead atoms. The molecule has 0 amide bonds. The minimum absolute atomic E-state index is 0.165. The number of aromatic nitrogens is 2. The fraction of sp³-hybridized carbons (Fsp3) is 0.471. The second-order valence-electron chi connectivity index (χ2n) is 5.92. The van der Waals surface area contributed by atoms with Crippen LogP contribution in [-0.4, -0.2) is 40.4 Å². The fourth-order valence-corrected chi connectivity index (χ4v) is 3.22. The van der Waals surface area contributed by atoms with Crippen LogP contribution in [0.3, 0.4) is 0 Å². The Kier molecular flexibility index (Phi) is 4.45. The predicted octanol–water partition coefficient (Wildman–Crippen LogP) is 1.75. The number of ether oxygens (including phenoxy) is 1. The van der Waals surface area contributed by atoms with E-state index in [-0.39, 0.29) is 6.04 Å². The summed E-state index contributed by atoms with van der Waals surface area (Å²) < 4.78 is 7.42. The number of likely N-dealkylation sites (tertiary alicyclic amines) is 1. The Bertz CT molecular complexity index is 607. The van der Waals surface area contributed by atoms with E-state index in [2.05, 4.69) is 28.2 Å². The molecule has 1 aromatic heterocycles. The van der Waals surface area contributed by atoms with Gasteiger partial charge in [-0.1, -0.05) is 12.1 Å². The largest absolute Gasteiger partial charge is 0.494 e. The normalized spacial score (nSPS) is 22.1. The third kappa shape index (κ3) is 3.15. The maximum atomic E-state index is 6.34. The molecule has 2 aromatic rings. The lowest BCUT2D eigenvalue weighted by Gasteiger charge is -2.16. The number of nitrogens with two attached hydrogens (primary N) is 1. The molecule has 1 aliphatic rings. The number of nitrogens with zero attached hydrogens (tertiary/aromatic N) is 3. The van der Waals surface area contributed by atoms with Crippen molar-refractivity contribution in [2.45, 2.75) is 25.4 Å². The summed E-state index contributed by atoms with van der Waals surface area (Å²) in [5.74, 6) is 1.28. The van der Waals surface area contributed by atoms with Gasteiger partial charge >= 0.3 is 0 Å². The molecule has 22 heavy (non-hydrogen) atoms. The Hall–Kier alpha value is -1.85. The van der Waals surface area contributed by atoms with E-state index >= 15 is 0 Å². The van der Waals surface area contributed by atoms with Gasteiger partial charge in [0.15, 0.2) is 0 Å². The fourth-order valence-electron chi connectivity index (χ4n) is 3.22. The van der Waals surface area contributed by atoms with Gasteiger partial charge in [0.2, 0.25) is 0 Å². The number of hydrogen-bond acceptors (Lipinski definition) is 4. The molecule has 0 radical (unpaired) electrons. The van der Waals surface area contributed by atoms with Crippen LogP contribution in [0.4, 0.5) is 0 Å². The third-order valence-electron chi connectivity index (χ3n) is 4.32. The van der Waals surface area contributed by atoms with E-state index in [1.807, 2.05) is 37.0 Å². The van der Waals surface area contributed by atoms with Gasteiger partial charge in [-0.05, 0) is 30.7 Å². The smallest absolute Gasteiger partial charge is 0.119 e. The number of benzene rings is 1. The average molecular weight is 300 g/mol. The quantitative estimate of drug-likeness (QED) is 0.914. The van der Waals surface area contributed by atoms with Gasteiger partial charge in [0, 0.05) is 50.5 Å². The third-order valence-corrected chi connectivity index (χ3v) is 4.32. The number of hydrogen-bond donors (Lipinski definition) is 1. The summed E-state index contributed by atoms with van der Waals surface area (Å²) in [4.78, 5) is 2.41. The van der Waals surface area contributed by atoms with Crippen molar-refractivity contribution < 1.29 is 4.74 Å². The highest BCUT2D eigenvalue weighted by Gasteiger charge is 2.32. The van der Waals surface area contributed by atoms with Crippen LogP contribution in [0.1, 0.15) is 24.1 Å². The first kappa shape index (κ1) is 15.1. The lowest BCUT2D eigenvalue weighted by Crippen LogP contribution is -2.29. The van der Waals surface area contributed by atoms with Gasteiger partial charge in [0.1, 0.15) is 5.75 Å². The lowest BCUT2D eigenvalue weighted by molar-refractivity contribution is 0.321. The Balaban J connectivity index is 1.63. The van der Waals surface area contributed by atoms with E-state index < -0.39 is 0 Å². The highest BCUT2D eigenvalue weighted by Crippen LogP contribution is 2.27. The molecule has 1 fully saturated rings. The van der Waals surface area contributed by atoms with Gasteiger partial charge in [-0.25, -0.2) is 0 Å². The topological polar surface area (TPSA) is 56.3 Å². The van der Waals surface area contributed by atoms with Crippen molar-refractivity contribution in [3.8, 4) is 5.75 Å². The van der Waals surface area contributed by atoms with Crippen LogP contribution in [0.2, 0.25) is 0 Å². The molecule has 2 N–H and O–H groups in total. The molecule has 1 saturated heterocycles. The molecule has 3 rings (SSSR count). The van der Waals surface area contributed by atoms with Gasteiger partial charge in [-0.3, -0.25) is 9.58 Å². The summed E-state index contributed by atoms with van der Waals surface area (Å²) >= 11 is 0. The molecule has 0 aliphatic carbocycles. The number of aryl methyl sites for hydroxylation is 1. The molecule has 0 spiro atoms. The van der Waals surface area contributed by atoms with Crippen LogP contribution in [-0.2, 0) is 13.6 Å².